The van der Waals surface area contributed by atoms with Crippen LogP contribution in [0.15, 0.2) is 16.9 Å². The molecule has 0 aromatic carbocycles. The second kappa shape index (κ2) is 1.84. The van der Waals surface area contributed by atoms with Crippen molar-refractivity contribution in [1.29, 1.82) is 0 Å². The van der Waals surface area contributed by atoms with Crippen LogP contribution in [0.2, 0.25) is 0 Å². The predicted molar refractivity (Wildman–Crippen MR) is 36.2 cm³/mol. The van der Waals surface area contributed by atoms with Crippen molar-refractivity contribution in [1.82, 2.24) is 10.2 Å². The van der Waals surface area contributed by atoms with Crippen molar-refractivity contribution >= 4 is 6.21 Å². The Morgan fingerprint density at radius 1 is 1.67 bits per heavy atom. The van der Waals surface area contributed by atoms with Crippen LogP contribution in [0.25, 0.3) is 0 Å². The largest absolute Gasteiger partial charge is 0.354 e. The SMILES string of the molecule is C1=NC=C2CNCN2C1. The van der Waals surface area contributed by atoms with Crippen molar-refractivity contribution in [3.63, 3.8) is 0 Å². The number of nitrogens with zero attached hydrogens (tertiary/aromatic N) is 2. The zero-order valence-corrected chi connectivity index (χ0v) is 5.17. The van der Waals surface area contributed by atoms with Gasteiger partial charge in [-0.3, -0.25) is 10.3 Å². The number of hydrogen-bond donors (Lipinski definition) is 1. The summed E-state index contributed by atoms with van der Waals surface area (Å²) in [6.07, 6.45) is 3.85. The van der Waals surface area contributed by atoms with Crippen molar-refractivity contribution in [2.75, 3.05) is 19.8 Å². The van der Waals surface area contributed by atoms with E-state index in [0.29, 0.717) is 0 Å². The minimum absolute atomic E-state index is 0.971. The zero-order valence-electron chi connectivity index (χ0n) is 5.17. The van der Waals surface area contributed by atoms with Crippen LogP contribution in [0.3, 0.4) is 0 Å². The summed E-state index contributed by atoms with van der Waals surface area (Å²) in [5.74, 6) is 0. The predicted octanol–water partition coefficient (Wildman–Crippen LogP) is -0.225. The van der Waals surface area contributed by atoms with Gasteiger partial charge in [-0.2, -0.15) is 0 Å². The minimum atomic E-state index is 0.971. The third kappa shape index (κ3) is 0.733. The van der Waals surface area contributed by atoms with Gasteiger partial charge in [-0.05, 0) is 0 Å². The summed E-state index contributed by atoms with van der Waals surface area (Å²) in [5.41, 5.74) is 1.32. The van der Waals surface area contributed by atoms with Crippen LogP contribution in [0.1, 0.15) is 0 Å². The van der Waals surface area contributed by atoms with Gasteiger partial charge in [-0.1, -0.05) is 0 Å². The molecular formula is C6H9N3. The molecule has 0 unspecified atom stereocenters. The standard InChI is InChI=1S/C6H9N3/c1-2-9-5-8-4-6(9)3-7-1/h1,3,8H,2,4-5H2. The van der Waals surface area contributed by atoms with E-state index in [-0.39, 0.29) is 0 Å². The second-order valence-corrected chi connectivity index (χ2v) is 2.26. The number of fused-ring (bicyclic) bond motifs is 1. The number of hydrogen-bond acceptors (Lipinski definition) is 3. The fourth-order valence-electron chi connectivity index (χ4n) is 1.13. The molecule has 2 aliphatic heterocycles. The summed E-state index contributed by atoms with van der Waals surface area (Å²) in [5, 5.41) is 3.24. The molecule has 3 heteroatoms. The van der Waals surface area contributed by atoms with Gasteiger partial charge in [0, 0.05) is 24.7 Å². The van der Waals surface area contributed by atoms with E-state index >= 15 is 0 Å². The fraction of sp³-hybridized carbons (Fsp3) is 0.500. The molecule has 1 N–H and O–H groups in total. The average Bonchev–Trinajstić information content (AvgIpc) is 2.33. The molecule has 0 saturated carbocycles. The first-order chi connectivity index (χ1) is 4.47. The molecule has 1 saturated heterocycles. The molecule has 0 aromatic rings. The van der Waals surface area contributed by atoms with Crippen LogP contribution in [-0.2, 0) is 0 Å². The van der Waals surface area contributed by atoms with E-state index in [9.17, 15) is 0 Å². The Kier molecular flexibility index (Phi) is 1.02. The topological polar surface area (TPSA) is 27.6 Å². The summed E-state index contributed by atoms with van der Waals surface area (Å²) in [4.78, 5) is 6.32. The van der Waals surface area contributed by atoms with E-state index < -0.39 is 0 Å². The Morgan fingerprint density at radius 2 is 2.67 bits per heavy atom. The Labute approximate surface area is 54.1 Å². The van der Waals surface area contributed by atoms with Gasteiger partial charge in [0.1, 0.15) is 0 Å². The van der Waals surface area contributed by atoms with Crippen molar-refractivity contribution in [2.24, 2.45) is 4.99 Å². The van der Waals surface area contributed by atoms with Gasteiger partial charge >= 0.3 is 0 Å². The Hall–Kier alpha value is -0.830. The molecular weight excluding hydrogens is 114 g/mol. The molecule has 0 aromatic heterocycles. The van der Waals surface area contributed by atoms with Gasteiger partial charge in [0.15, 0.2) is 0 Å². The van der Waals surface area contributed by atoms with Gasteiger partial charge in [0.2, 0.25) is 0 Å². The maximum absolute atomic E-state index is 4.05. The normalized spacial score (nSPS) is 24.0. The molecule has 2 rings (SSSR count). The van der Waals surface area contributed by atoms with Crippen LogP contribution in [0.5, 0.6) is 0 Å². The fourth-order valence-corrected chi connectivity index (χ4v) is 1.13. The number of rotatable bonds is 0. The van der Waals surface area contributed by atoms with E-state index in [1.54, 1.807) is 0 Å². The van der Waals surface area contributed by atoms with Crippen molar-refractivity contribution in [3.8, 4) is 0 Å². The van der Waals surface area contributed by atoms with Gasteiger partial charge in [0.25, 0.3) is 0 Å². The third-order valence-corrected chi connectivity index (χ3v) is 1.65. The highest BCUT2D eigenvalue weighted by Crippen LogP contribution is 2.09. The summed E-state index contributed by atoms with van der Waals surface area (Å²) in [6.45, 7) is 2.94. The zero-order chi connectivity index (χ0) is 6.10. The molecule has 0 bridgehead atoms. The molecule has 0 radical (unpaired) electrons. The van der Waals surface area contributed by atoms with Gasteiger partial charge in [-0.25, -0.2) is 0 Å². The smallest absolute Gasteiger partial charge is 0.0687 e. The molecule has 0 amide bonds. The van der Waals surface area contributed by atoms with E-state index in [1.165, 1.54) is 5.70 Å². The molecule has 9 heavy (non-hydrogen) atoms. The first-order valence-electron chi connectivity index (χ1n) is 3.13. The molecule has 1 fully saturated rings. The second-order valence-electron chi connectivity index (χ2n) is 2.26. The lowest BCUT2D eigenvalue weighted by atomic mass is 10.4. The third-order valence-electron chi connectivity index (χ3n) is 1.65. The summed E-state index contributed by atoms with van der Waals surface area (Å²) in [7, 11) is 0. The van der Waals surface area contributed by atoms with Crippen LogP contribution in [-0.4, -0.2) is 30.9 Å². The first kappa shape index (κ1) is 4.99. The maximum Gasteiger partial charge on any atom is 0.0687 e. The van der Waals surface area contributed by atoms with E-state index in [2.05, 4.69) is 15.2 Å². The van der Waals surface area contributed by atoms with E-state index in [0.717, 1.165) is 19.8 Å². The Balaban J connectivity index is 2.23. The summed E-state index contributed by atoms with van der Waals surface area (Å²) in [6, 6.07) is 0. The maximum atomic E-state index is 4.05. The molecule has 0 atom stereocenters. The number of nitrogens with one attached hydrogen (secondary N) is 1. The monoisotopic (exact) mass is 123 g/mol. The quantitative estimate of drug-likeness (QED) is 0.482. The molecule has 3 nitrogen and oxygen atoms in total. The summed E-state index contributed by atoms with van der Waals surface area (Å²) >= 11 is 0. The van der Waals surface area contributed by atoms with Crippen LogP contribution in [0.4, 0.5) is 0 Å². The first-order valence-corrected chi connectivity index (χ1v) is 3.13. The molecule has 0 aliphatic carbocycles. The van der Waals surface area contributed by atoms with Crippen molar-refractivity contribution in [2.45, 2.75) is 0 Å². The molecule has 2 aliphatic rings. The summed E-state index contributed by atoms with van der Waals surface area (Å²) < 4.78 is 0. The minimum Gasteiger partial charge on any atom is -0.354 e. The lowest BCUT2D eigenvalue weighted by molar-refractivity contribution is 0.433. The highest BCUT2D eigenvalue weighted by Gasteiger charge is 2.15. The molecule has 0 spiro atoms. The highest BCUT2D eigenvalue weighted by molar-refractivity contribution is 5.62. The van der Waals surface area contributed by atoms with E-state index in [4.69, 9.17) is 0 Å². The number of aliphatic imine (C=N–C) groups is 1. The molecule has 48 valence electrons. The van der Waals surface area contributed by atoms with Gasteiger partial charge in [-0.15, -0.1) is 0 Å². The van der Waals surface area contributed by atoms with Gasteiger partial charge < -0.3 is 4.90 Å². The Bertz CT molecular complexity index is 171. The van der Waals surface area contributed by atoms with Gasteiger partial charge in [0.05, 0.1) is 13.2 Å². The average molecular weight is 123 g/mol. The van der Waals surface area contributed by atoms with Crippen LogP contribution < -0.4 is 5.32 Å². The van der Waals surface area contributed by atoms with Crippen molar-refractivity contribution < 1.29 is 0 Å². The lowest BCUT2D eigenvalue weighted by Gasteiger charge is -2.17. The molecule has 2 heterocycles. The lowest BCUT2D eigenvalue weighted by Crippen LogP contribution is -2.24. The highest BCUT2D eigenvalue weighted by atomic mass is 15.3. The van der Waals surface area contributed by atoms with Crippen LogP contribution >= 0.6 is 0 Å². The van der Waals surface area contributed by atoms with Crippen molar-refractivity contribution in [3.05, 3.63) is 11.9 Å². The van der Waals surface area contributed by atoms with E-state index in [1.807, 2.05) is 12.4 Å². The van der Waals surface area contributed by atoms with Crippen LogP contribution in [0, 0.1) is 0 Å². The Morgan fingerprint density at radius 3 is 3.56 bits per heavy atom.